The van der Waals surface area contributed by atoms with Gasteiger partial charge in [-0.05, 0) is 12.1 Å². The molecule has 0 aliphatic carbocycles. The molecule has 2 aromatic rings. The smallest absolute Gasteiger partial charge is 0.254 e. The van der Waals surface area contributed by atoms with Crippen molar-refractivity contribution < 1.29 is 9.78 Å². The third-order valence-corrected chi connectivity index (χ3v) is 2.52. The molecule has 4 nitrogen and oxygen atoms in total. The Bertz CT molecular complexity index is 457. The third-order valence-electron chi connectivity index (χ3n) is 2.52. The van der Waals surface area contributed by atoms with E-state index in [2.05, 4.69) is 15.3 Å². The third kappa shape index (κ3) is 2.39. The van der Waals surface area contributed by atoms with Crippen molar-refractivity contribution in [3.05, 3.63) is 30.1 Å². The van der Waals surface area contributed by atoms with Crippen LogP contribution in [0.2, 0.25) is 0 Å². The minimum absolute atomic E-state index is 0.0936. The predicted molar refractivity (Wildman–Crippen MR) is 61.9 cm³/mol. The van der Waals surface area contributed by atoms with Crippen LogP contribution >= 0.6 is 0 Å². The van der Waals surface area contributed by atoms with Crippen molar-refractivity contribution in [2.75, 3.05) is 6.54 Å². The normalized spacial score (nSPS) is 10.6. The fraction of sp³-hybridized carbons (Fsp3) is 0.333. The van der Waals surface area contributed by atoms with Crippen LogP contribution in [0.1, 0.15) is 19.2 Å². The van der Waals surface area contributed by atoms with Crippen LogP contribution < -0.4 is 10.3 Å². The molecule has 1 aromatic heterocycles. The van der Waals surface area contributed by atoms with E-state index >= 15 is 0 Å². The maximum Gasteiger partial charge on any atom is 0.254 e. The molecule has 0 saturated carbocycles. The average molecular weight is 218 g/mol. The van der Waals surface area contributed by atoms with Gasteiger partial charge in [-0.2, -0.15) is 0 Å². The molecule has 16 heavy (non-hydrogen) atoms. The molecule has 84 valence electrons. The lowest BCUT2D eigenvalue weighted by molar-refractivity contribution is -0.357. The molecule has 0 aliphatic heterocycles. The molecule has 0 fully saturated rings. The van der Waals surface area contributed by atoms with E-state index in [1.165, 1.54) is 0 Å². The van der Waals surface area contributed by atoms with Gasteiger partial charge in [0.25, 0.3) is 5.82 Å². The van der Waals surface area contributed by atoms with Gasteiger partial charge in [-0.25, -0.2) is 9.97 Å². The number of amides is 1. The van der Waals surface area contributed by atoms with Crippen molar-refractivity contribution in [1.82, 2.24) is 10.3 Å². The second-order valence-electron chi connectivity index (χ2n) is 3.73. The van der Waals surface area contributed by atoms with Crippen molar-refractivity contribution in [3.63, 3.8) is 0 Å². The van der Waals surface area contributed by atoms with Crippen molar-refractivity contribution in [2.45, 2.75) is 19.8 Å². The Morgan fingerprint density at radius 1 is 1.44 bits per heavy atom. The average Bonchev–Trinajstić information content (AvgIpc) is 2.71. The van der Waals surface area contributed by atoms with Crippen LogP contribution in [0.4, 0.5) is 0 Å². The molecule has 0 bridgehead atoms. The first-order valence-corrected chi connectivity index (χ1v) is 5.55. The van der Waals surface area contributed by atoms with Gasteiger partial charge in [0, 0.05) is 13.0 Å². The van der Waals surface area contributed by atoms with E-state index in [1.54, 1.807) is 0 Å². The number of benzene rings is 1. The molecule has 0 radical (unpaired) electrons. The molecule has 0 saturated heterocycles. The lowest BCUT2D eigenvalue weighted by Gasteiger charge is -1.98. The van der Waals surface area contributed by atoms with Crippen molar-refractivity contribution in [2.24, 2.45) is 0 Å². The lowest BCUT2D eigenvalue weighted by atomic mass is 10.3. The Balaban J connectivity index is 1.97. The summed E-state index contributed by atoms with van der Waals surface area (Å²) in [5.41, 5.74) is 2.19. The zero-order chi connectivity index (χ0) is 11.4. The molecule has 4 heteroatoms. The zero-order valence-corrected chi connectivity index (χ0v) is 9.34. The second-order valence-corrected chi connectivity index (χ2v) is 3.73. The summed E-state index contributed by atoms with van der Waals surface area (Å²) in [6, 6.07) is 8.05. The van der Waals surface area contributed by atoms with Crippen LogP contribution in [0.5, 0.6) is 0 Å². The predicted octanol–water partition coefficient (Wildman–Crippen LogP) is 1.05. The molecule has 2 rings (SSSR count). The summed E-state index contributed by atoms with van der Waals surface area (Å²) in [6.45, 7) is 2.51. The fourth-order valence-corrected chi connectivity index (χ4v) is 1.63. The standard InChI is InChI=1S/C12H15N3O/c1-2-12(16)13-8-7-11-14-9-5-3-4-6-10(9)15-11/h3-6H,2,7-8H2,1H3,(H,13,16)(H,14,15)/p+1. The number of aromatic nitrogens is 2. The molecule has 1 aromatic carbocycles. The number of hydrogen-bond acceptors (Lipinski definition) is 1. The first-order valence-electron chi connectivity index (χ1n) is 5.55. The van der Waals surface area contributed by atoms with Crippen LogP contribution in [-0.2, 0) is 11.2 Å². The number of rotatable bonds is 4. The van der Waals surface area contributed by atoms with E-state index < -0.39 is 0 Å². The van der Waals surface area contributed by atoms with E-state index in [0.29, 0.717) is 13.0 Å². The molecule has 3 N–H and O–H groups in total. The largest absolute Gasteiger partial charge is 0.355 e. The van der Waals surface area contributed by atoms with Crippen LogP contribution in [0.3, 0.4) is 0 Å². The first-order chi connectivity index (χ1) is 7.79. The number of nitrogens with one attached hydrogen (secondary N) is 3. The Labute approximate surface area is 94.1 Å². The van der Waals surface area contributed by atoms with Crippen molar-refractivity contribution >= 4 is 16.9 Å². The Morgan fingerprint density at radius 3 is 3.00 bits per heavy atom. The Morgan fingerprint density at radius 2 is 2.25 bits per heavy atom. The number of carbonyl (C=O) groups excluding carboxylic acids is 1. The molecule has 0 aliphatic rings. The van der Waals surface area contributed by atoms with Gasteiger partial charge in [-0.1, -0.05) is 19.1 Å². The summed E-state index contributed by atoms with van der Waals surface area (Å²) in [7, 11) is 0. The van der Waals surface area contributed by atoms with Gasteiger partial charge in [0.15, 0.2) is 11.0 Å². The highest BCUT2D eigenvalue weighted by Gasteiger charge is 2.08. The zero-order valence-electron chi connectivity index (χ0n) is 9.34. The quantitative estimate of drug-likeness (QED) is 0.791. The minimum Gasteiger partial charge on any atom is -0.355 e. The highest BCUT2D eigenvalue weighted by Crippen LogP contribution is 2.05. The summed E-state index contributed by atoms with van der Waals surface area (Å²) < 4.78 is 0. The molecular weight excluding hydrogens is 202 g/mol. The highest BCUT2D eigenvalue weighted by molar-refractivity contribution is 5.75. The molecular formula is C12H16N3O+. The Kier molecular flexibility index (Phi) is 3.19. The SMILES string of the molecule is CCC(=O)NCCc1[nH]c2ccccc2[nH+]1. The van der Waals surface area contributed by atoms with E-state index in [4.69, 9.17) is 0 Å². The number of aromatic amines is 2. The van der Waals surface area contributed by atoms with E-state index in [0.717, 1.165) is 23.3 Å². The lowest BCUT2D eigenvalue weighted by Crippen LogP contribution is -2.26. The minimum atomic E-state index is 0.0936. The van der Waals surface area contributed by atoms with Crippen molar-refractivity contribution in [3.8, 4) is 0 Å². The molecule has 0 spiro atoms. The number of H-pyrrole nitrogens is 2. The second kappa shape index (κ2) is 4.79. The number of fused-ring (bicyclic) bond motifs is 1. The van der Waals surface area contributed by atoms with Crippen LogP contribution in [0.25, 0.3) is 11.0 Å². The number of para-hydroxylation sites is 2. The van der Waals surface area contributed by atoms with Crippen LogP contribution in [0.15, 0.2) is 24.3 Å². The van der Waals surface area contributed by atoms with Gasteiger partial charge in [-0.15, -0.1) is 0 Å². The van der Waals surface area contributed by atoms with Crippen LogP contribution in [-0.4, -0.2) is 17.4 Å². The number of carbonyl (C=O) groups is 1. The van der Waals surface area contributed by atoms with Gasteiger partial charge in [0.05, 0.1) is 6.42 Å². The fourth-order valence-electron chi connectivity index (χ4n) is 1.63. The van der Waals surface area contributed by atoms with E-state index in [9.17, 15) is 4.79 Å². The highest BCUT2D eigenvalue weighted by atomic mass is 16.1. The topological polar surface area (TPSA) is 59.0 Å². The van der Waals surface area contributed by atoms with E-state index in [1.807, 2.05) is 31.2 Å². The molecule has 0 unspecified atom stereocenters. The maximum atomic E-state index is 11.0. The summed E-state index contributed by atoms with van der Waals surface area (Å²) in [5.74, 6) is 1.13. The molecule has 0 atom stereocenters. The molecule has 1 heterocycles. The summed E-state index contributed by atoms with van der Waals surface area (Å²) in [6.07, 6.45) is 1.33. The number of imidazole rings is 1. The van der Waals surface area contributed by atoms with Gasteiger partial charge >= 0.3 is 0 Å². The van der Waals surface area contributed by atoms with Crippen molar-refractivity contribution in [1.29, 1.82) is 0 Å². The van der Waals surface area contributed by atoms with Crippen LogP contribution in [0, 0.1) is 0 Å². The van der Waals surface area contributed by atoms with Gasteiger partial charge in [0.1, 0.15) is 0 Å². The van der Waals surface area contributed by atoms with E-state index in [-0.39, 0.29) is 5.91 Å². The number of hydrogen-bond donors (Lipinski definition) is 2. The summed E-state index contributed by atoms with van der Waals surface area (Å²) >= 11 is 0. The van der Waals surface area contributed by atoms with Gasteiger partial charge in [0.2, 0.25) is 5.91 Å². The molecule has 1 amide bonds. The summed E-state index contributed by atoms with van der Waals surface area (Å²) in [4.78, 5) is 17.6. The Hall–Kier alpha value is -1.84. The monoisotopic (exact) mass is 218 g/mol. The summed E-state index contributed by atoms with van der Waals surface area (Å²) in [5, 5.41) is 2.85. The van der Waals surface area contributed by atoms with Gasteiger partial charge < -0.3 is 5.32 Å². The maximum absolute atomic E-state index is 11.0. The first kappa shape index (κ1) is 10.7. The van der Waals surface area contributed by atoms with Gasteiger partial charge in [-0.3, -0.25) is 4.79 Å².